The molecule has 76 valence electrons. The number of nitrogens with zero attached hydrogens (tertiary/aromatic N) is 1. The highest BCUT2D eigenvalue weighted by Crippen LogP contribution is 2.38. The Morgan fingerprint density at radius 1 is 1.31 bits per heavy atom. The molecule has 0 spiro atoms. The minimum atomic E-state index is 0.801. The van der Waals surface area contributed by atoms with Crippen molar-refractivity contribution in [3.05, 3.63) is 0 Å². The number of alkyl halides is 1. The number of fused-ring (bicyclic) bond motifs is 2. The SMILES string of the molecule is CSCCN1C2CCC1CC(Br)C2. The number of halogens is 1. The van der Waals surface area contributed by atoms with Crippen LogP contribution in [-0.2, 0) is 0 Å². The molecule has 2 fully saturated rings. The van der Waals surface area contributed by atoms with Gasteiger partial charge in [0.25, 0.3) is 0 Å². The van der Waals surface area contributed by atoms with Crippen LogP contribution >= 0.6 is 27.7 Å². The van der Waals surface area contributed by atoms with Crippen molar-refractivity contribution in [1.29, 1.82) is 0 Å². The first-order valence-electron chi connectivity index (χ1n) is 5.20. The van der Waals surface area contributed by atoms with Crippen molar-refractivity contribution in [2.24, 2.45) is 0 Å². The summed E-state index contributed by atoms with van der Waals surface area (Å²) in [5, 5.41) is 0. The van der Waals surface area contributed by atoms with Crippen molar-refractivity contribution < 1.29 is 0 Å². The highest BCUT2D eigenvalue weighted by atomic mass is 79.9. The van der Waals surface area contributed by atoms with E-state index in [2.05, 4.69) is 27.1 Å². The summed E-state index contributed by atoms with van der Waals surface area (Å²) in [6, 6.07) is 1.80. The molecule has 1 nitrogen and oxygen atoms in total. The molecule has 0 aromatic carbocycles. The molecule has 2 aliphatic rings. The van der Waals surface area contributed by atoms with Gasteiger partial charge in [-0.15, -0.1) is 0 Å². The standard InChI is InChI=1S/C10H18BrNS/c1-13-5-4-12-9-2-3-10(12)7-8(11)6-9/h8-10H,2-7H2,1H3. The zero-order chi connectivity index (χ0) is 9.26. The fraction of sp³-hybridized carbons (Fsp3) is 1.00. The monoisotopic (exact) mass is 263 g/mol. The van der Waals surface area contributed by atoms with Gasteiger partial charge in [-0.05, 0) is 31.9 Å². The van der Waals surface area contributed by atoms with Gasteiger partial charge in [0, 0.05) is 29.2 Å². The van der Waals surface area contributed by atoms with Gasteiger partial charge in [0.2, 0.25) is 0 Å². The second-order valence-corrected chi connectivity index (χ2v) is 6.46. The van der Waals surface area contributed by atoms with Crippen LogP contribution in [0.25, 0.3) is 0 Å². The first kappa shape index (κ1) is 10.3. The minimum Gasteiger partial charge on any atom is -0.297 e. The van der Waals surface area contributed by atoms with Gasteiger partial charge in [0.05, 0.1) is 0 Å². The predicted molar refractivity (Wildman–Crippen MR) is 63.8 cm³/mol. The molecule has 13 heavy (non-hydrogen) atoms. The van der Waals surface area contributed by atoms with Gasteiger partial charge < -0.3 is 0 Å². The molecule has 0 radical (unpaired) electrons. The molecule has 0 amide bonds. The lowest BCUT2D eigenvalue weighted by molar-refractivity contribution is 0.155. The molecule has 0 aromatic rings. The van der Waals surface area contributed by atoms with Gasteiger partial charge >= 0.3 is 0 Å². The quantitative estimate of drug-likeness (QED) is 0.721. The number of hydrogen-bond acceptors (Lipinski definition) is 2. The lowest BCUT2D eigenvalue weighted by Crippen LogP contribution is -2.44. The number of hydrogen-bond donors (Lipinski definition) is 0. The fourth-order valence-corrected chi connectivity index (χ4v) is 4.03. The van der Waals surface area contributed by atoms with Crippen molar-refractivity contribution in [3.63, 3.8) is 0 Å². The van der Waals surface area contributed by atoms with E-state index in [9.17, 15) is 0 Å². The summed E-state index contributed by atoms with van der Waals surface area (Å²) >= 11 is 5.75. The van der Waals surface area contributed by atoms with E-state index in [1.54, 1.807) is 0 Å². The minimum absolute atomic E-state index is 0.801. The molecular weight excluding hydrogens is 246 g/mol. The van der Waals surface area contributed by atoms with E-state index < -0.39 is 0 Å². The largest absolute Gasteiger partial charge is 0.297 e. The normalized spacial score (nSPS) is 39.7. The van der Waals surface area contributed by atoms with Crippen LogP contribution in [-0.4, -0.2) is 40.4 Å². The molecule has 2 aliphatic heterocycles. The Kier molecular flexibility index (Phi) is 3.60. The Morgan fingerprint density at radius 3 is 2.46 bits per heavy atom. The second-order valence-electron chi connectivity index (χ2n) is 4.18. The summed E-state index contributed by atoms with van der Waals surface area (Å²) in [7, 11) is 0. The zero-order valence-electron chi connectivity index (χ0n) is 8.21. The van der Waals surface area contributed by atoms with Gasteiger partial charge in [-0.2, -0.15) is 11.8 Å². The molecule has 2 rings (SSSR count). The van der Waals surface area contributed by atoms with Crippen LogP contribution in [0.4, 0.5) is 0 Å². The van der Waals surface area contributed by atoms with Crippen molar-refractivity contribution in [2.75, 3.05) is 18.6 Å². The maximum atomic E-state index is 3.77. The second kappa shape index (κ2) is 4.54. The summed E-state index contributed by atoms with van der Waals surface area (Å²) in [4.78, 5) is 3.56. The van der Waals surface area contributed by atoms with Crippen molar-refractivity contribution in [3.8, 4) is 0 Å². The average Bonchev–Trinajstić information content (AvgIpc) is 2.33. The van der Waals surface area contributed by atoms with Crippen molar-refractivity contribution in [2.45, 2.75) is 42.6 Å². The number of thioether (sulfide) groups is 1. The fourth-order valence-electron chi connectivity index (χ4n) is 2.77. The van der Waals surface area contributed by atoms with Crippen LogP contribution in [0.3, 0.4) is 0 Å². The maximum absolute atomic E-state index is 3.77. The third-order valence-corrected chi connectivity index (χ3v) is 4.72. The van der Waals surface area contributed by atoms with Crippen molar-refractivity contribution >= 4 is 27.7 Å². The van der Waals surface area contributed by atoms with Crippen LogP contribution in [0.2, 0.25) is 0 Å². The van der Waals surface area contributed by atoms with E-state index in [0.717, 1.165) is 16.9 Å². The summed E-state index contributed by atoms with van der Waals surface area (Å²) in [5.74, 6) is 1.31. The highest BCUT2D eigenvalue weighted by Gasteiger charge is 2.39. The van der Waals surface area contributed by atoms with E-state index in [1.807, 2.05) is 11.8 Å². The lowest BCUT2D eigenvalue weighted by atomic mass is 10.0. The predicted octanol–water partition coefficient (Wildman–Crippen LogP) is 2.74. The topological polar surface area (TPSA) is 3.24 Å². The molecule has 0 aromatic heterocycles. The number of piperidine rings is 1. The van der Waals surface area contributed by atoms with Gasteiger partial charge in [0.1, 0.15) is 0 Å². The molecule has 0 aliphatic carbocycles. The number of rotatable bonds is 3. The van der Waals surface area contributed by atoms with Gasteiger partial charge in [-0.1, -0.05) is 15.9 Å². The van der Waals surface area contributed by atoms with E-state index in [-0.39, 0.29) is 0 Å². The first-order valence-corrected chi connectivity index (χ1v) is 7.51. The van der Waals surface area contributed by atoms with Crippen LogP contribution < -0.4 is 0 Å². The summed E-state index contributed by atoms with van der Waals surface area (Å²) < 4.78 is 0. The van der Waals surface area contributed by atoms with Crippen LogP contribution in [0.1, 0.15) is 25.7 Å². The molecule has 2 bridgehead atoms. The zero-order valence-corrected chi connectivity index (χ0v) is 10.6. The Bertz CT molecular complexity index is 162. The highest BCUT2D eigenvalue weighted by molar-refractivity contribution is 9.09. The van der Waals surface area contributed by atoms with Gasteiger partial charge in [-0.3, -0.25) is 4.90 Å². The van der Waals surface area contributed by atoms with E-state index in [1.165, 1.54) is 38.0 Å². The van der Waals surface area contributed by atoms with Gasteiger partial charge in [0.15, 0.2) is 0 Å². The molecular formula is C10H18BrNS. The Morgan fingerprint density at radius 2 is 1.92 bits per heavy atom. The smallest absolute Gasteiger partial charge is 0.0175 e. The third-order valence-electron chi connectivity index (χ3n) is 3.38. The summed E-state index contributed by atoms with van der Waals surface area (Å²) in [5.41, 5.74) is 0. The molecule has 3 heteroatoms. The van der Waals surface area contributed by atoms with Crippen LogP contribution in [0, 0.1) is 0 Å². The van der Waals surface area contributed by atoms with Crippen LogP contribution in [0.15, 0.2) is 0 Å². The van der Waals surface area contributed by atoms with Crippen molar-refractivity contribution in [1.82, 2.24) is 4.90 Å². The van der Waals surface area contributed by atoms with E-state index in [0.29, 0.717) is 0 Å². The Labute approximate surface area is 93.8 Å². The molecule has 0 saturated carbocycles. The van der Waals surface area contributed by atoms with E-state index in [4.69, 9.17) is 0 Å². The summed E-state index contributed by atoms with van der Waals surface area (Å²) in [6.07, 6.45) is 7.86. The third kappa shape index (κ3) is 2.24. The lowest BCUT2D eigenvalue weighted by Gasteiger charge is -2.36. The molecule has 0 N–H and O–H groups in total. The average molecular weight is 264 g/mol. The Hall–Kier alpha value is 0.790. The molecule has 2 atom stereocenters. The Balaban J connectivity index is 1.90. The van der Waals surface area contributed by atoms with Gasteiger partial charge in [-0.25, -0.2) is 0 Å². The summed E-state index contributed by atoms with van der Waals surface area (Å²) in [6.45, 7) is 1.32. The molecule has 2 saturated heterocycles. The molecule has 2 unspecified atom stereocenters. The maximum Gasteiger partial charge on any atom is 0.0175 e. The first-order chi connectivity index (χ1) is 6.31. The molecule has 2 heterocycles. The van der Waals surface area contributed by atoms with Crippen LogP contribution in [0.5, 0.6) is 0 Å². The van der Waals surface area contributed by atoms with E-state index >= 15 is 0 Å².